The van der Waals surface area contributed by atoms with Gasteiger partial charge in [0.15, 0.2) is 0 Å². The highest BCUT2D eigenvalue weighted by Crippen LogP contribution is 2.28. The van der Waals surface area contributed by atoms with Gasteiger partial charge in [0.05, 0.1) is 11.4 Å². The summed E-state index contributed by atoms with van der Waals surface area (Å²) in [5, 5.41) is 7.36. The van der Waals surface area contributed by atoms with Gasteiger partial charge < -0.3 is 16.0 Å². The summed E-state index contributed by atoms with van der Waals surface area (Å²) in [6.07, 6.45) is 3.93. The minimum atomic E-state index is 0.389. The van der Waals surface area contributed by atoms with Gasteiger partial charge in [-0.2, -0.15) is 0 Å². The molecule has 4 nitrogen and oxygen atoms in total. The zero-order chi connectivity index (χ0) is 15.9. The van der Waals surface area contributed by atoms with Crippen LogP contribution in [0.15, 0.2) is 29.0 Å². The van der Waals surface area contributed by atoms with Gasteiger partial charge in [0.2, 0.25) is 0 Å². The minimum absolute atomic E-state index is 0.389. The molecule has 0 saturated heterocycles. The number of hydrogen-bond donors (Lipinski definition) is 2. The van der Waals surface area contributed by atoms with Crippen LogP contribution in [0.5, 0.6) is 0 Å². The fraction of sp³-hybridized carbons (Fsp3) is 0.625. The number of rotatable bonds is 7. The van der Waals surface area contributed by atoms with E-state index in [-0.39, 0.29) is 0 Å². The van der Waals surface area contributed by atoms with Crippen LogP contribution in [0, 0.1) is 23.2 Å². The van der Waals surface area contributed by atoms with E-state index in [9.17, 15) is 0 Å². The van der Waals surface area contributed by atoms with Gasteiger partial charge in [-0.3, -0.25) is 0 Å². The minimum Gasteiger partial charge on any atom is -0.396 e. The Hall–Kier alpha value is -1.58. The number of hydrogen-bond acceptors (Lipinski definition) is 3. The third kappa shape index (κ3) is 5.59. The van der Waals surface area contributed by atoms with E-state index in [0.717, 1.165) is 18.0 Å². The molecule has 0 aromatic rings. The highest BCUT2D eigenvalue weighted by Gasteiger charge is 2.19. The zero-order valence-electron chi connectivity index (χ0n) is 13.8. The van der Waals surface area contributed by atoms with Crippen LogP contribution in [-0.2, 0) is 0 Å². The van der Waals surface area contributed by atoms with E-state index in [0.29, 0.717) is 23.5 Å². The number of aliphatic imine (C=N–C) groups is 1. The molecule has 0 saturated carbocycles. The first-order valence-electron chi connectivity index (χ1n) is 7.08. The molecule has 0 heterocycles. The summed E-state index contributed by atoms with van der Waals surface area (Å²) < 4.78 is 0. The maximum absolute atomic E-state index is 7.36. The van der Waals surface area contributed by atoms with E-state index < -0.39 is 0 Å². The normalized spacial score (nSPS) is 16.4. The Morgan fingerprint density at radius 3 is 2.25 bits per heavy atom. The molecule has 0 aliphatic rings. The summed E-state index contributed by atoms with van der Waals surface area (Å²) in [5.41, 5.74) is 7.14. The molecule has 4 heteroatoms. The predicted molar refractivity (Wildman–Crippen MR) is 89.1 cm³/mol. The Bertz CT molecular complexity index is 391. The molecule has 0 amide bonds. The Kier molecular flexibility index (Phi) is 7.89. The van der Waals surface area contributed by atoms with E-state index in [1.54, 1.807) is 0 Å². The fourth-order valence-electron chi connectivity index (χ4n) is 2.21. The molecule has 0 bridgehead atoms. The van der Waals surface area contributed by atoms with Gasteiger partial charge in [-0.25, -0.2) is 4.99 Å². The Morgan fingerprint density at radius 2 is 1.90 bits per heavy atom. The SMILES string of the molecule is C=CC(C(C)C)C(C)CC(/N=C(\C)N(C)C)=C(\N)C=N. The summed E-state index contributed by atoms with van der Waals surface area (Å²) in [6.45, 7) is 12.4. The molecule has 0 aromatic heterocycles. The maximum atomic E-state index is 7.36. The molecule has 0 fully saturated rings. The van der Waals surface area contributed by atoms with Gasteiger partial charge in [-0.15, -0.1) is 6.58 Å². The molecule has 3 N–H and O–H groups in total. The number of nitrogens with zero attached hydrogens (tertiary/aromatic N) is 2. The van der Waals surface area contributed by atoms with Crippen molar-refractivity contribution < 1.29 is 0 Å². The van der Waals surface area contributed by atoms with Gasteiger partial charge in [0, 0.05) is 20.3 Å². The monoisotopic (exact) mass is 278 g/mol. The lowest BCUT2D eigenvalue weighted by Crippen LogP contribution is -2.21. The van der Waals surface area contributed by atoms with Crippen molar-refractivity contribution in [2.45, 2.75) is 34.1 Å². The van der Waals surface area contributed by atoms with Gasteiger partial charge >= 0.3 is 0 Å². The van der Waals surface area contributed by atoms with E-state index >= 15 is 0 Å². The van der Waals surface area contributed by atoms with Crippen LogP contribution in [0.3, 0.4) is 0 Å². The lowest BCUT2D eigenvalue weighted by molar-refractivity contribution is 0.331. The van der Waals surface area contributed by atoms with Crippen molar-refractivity contribution in [1.29, 1.82) is 5.41 Å². The van der Waals surface area contributed by atoms with Crippen molar-refractivity contribution >= 4 is 12.1 Å². The van der Waals surface area contributed by atoms with Crippen molar-refractivity contribution in [2.24, 2.45) is 28.5 Å². The number of amidine groups is 1. The predicted octanol–water partition coefficient (Wildman–Crippen LogP) is 3.27. The summed E-state index contributed by atoms with van der Waals surface area (Å²) in [4.78, 5) is 6.51. The molecule has 0 rings (SSSR count). The molecular formula is C16H30N4. The maximum Gasteiger partial charge on any atom is 0.101 e. The van der Waals surface area contributed by atoms with Crippen LogP contribution in [0.4, 0.5) is 0 Å². The molecule has 0 aliphatic heterocycles. The van der Waals surface area contributed by atoms with Gasteiger partial charge in [-0.1, -0.05) is 26.8 Å². The van der Waals surface area contributed by atoms with Crippen molar-refractivity contribution in [2.75, 3.05) is 14.1 Å². The van der Waals surface area contributed by atoms with E-state index in [2.05, 4.69) is 32.3 Å². The first-order valence-corrected chi connectivity index (χ1v) is 7.08. The van der Waals surface area contributed by atoms with Gasteiger partial charge in [0.25, 0.3) is 0 Å². The Morgan fingerprint density at radius 1 is 1.35 bits per heavy atom. The molecule has 0 aromatic carbocycles. The van der Waals surface area contributed by atoms with E-state index in [4.69, 9.17) is 11.1 Å². The second kappa shape index (κ2) is 8.56. The quantitative estimate of drug-likeness (QED) is 0.426. The first kappa shape index (κ1) is 18.4. The lowest BCUT2D eigenvalue weighted by atomic mass is 9.82. The van der Waals surface area contributed by atoms with Crippen molar-refractivity contribution in [1.82, 2.24) is 4.90 Å². The van der Waals surface area contributed by atoms with Crippen LogP contribution in [-0.4, -0.2) is 31.0 Å². The lowest BCUT2D eigenvalue weighted by Gasteiger charge is -2.25. The summed E-state index contributed by atoms with van der Waals surface area (Å²) >= 11 is 0. The molecule has 0 spiro atoms. The van der Waals surface area contributed by atoms with Gasteiger partial charge in [0.1, 0.15) is 5.84 Å². The average Bonchev–Trinajstić information content (AvgIpc) is 2.36. The Labute approximate surface area is 124 Å². The third-order valence-corrected chi connectivity index (χ3v) is 3.65. The second-order valence-electron chi connectivity index (χ2n) is 5.84. The Balaban J connectivity index is 5.27. The standard InChI is InChI=1S/C16H30N4/c1-8-14(11(2)3)12(4)9-16(15(18)10-17)19-13(5)20(6)7/h8,10-12,14,17H,1,9,18H2,2-7H3/b16-15+,17-10?,19-13+. The van der Waals surface area contributed by atoms with Crippen LogP contribution in [0.25, 0.3) is 0 Å². The van der Waals surface area contributed by atoms with Crippen LogP contribution >= 0.6 is 0 Å². The molecular weight excluding hydrogens is 248 g/mol. The summed E-state index contributed by atoms with van der Waals surface area (Å²) in [7, 11) is 3.89. The highest BCUT2D eigenvalue weighted by molar-refractivity contribution is 5.82. The molecule has 20 heavy (non-hydrogen) atoms. The molecule has 2 atom stereocenters. The third-order valence-electron chi connectivity index (χ3n) is 3.65. The number of allylic oxidation sites excluding steroid dienone is 3. The van der Waals surface area contributed by atoms with E-state index in [1.807, 2.05) is 32.0 Å². The van der Waals surface area contributed by atoms with Crippen molar-refractivity contribution in [3.05, 3.63) is 24.0 Å². The molecule has 114 valence electrons. The van der Waals surface area contributed by atoms with Crippen LogP contribution in [0.1, 0.15) is 34.1 Å². The summed E-state index contributed by atoms with van der Waals surface area (Å²) in [6, 6.07) is 0. The van der Waals surface area contributed by atoms with Crippen molar-refractivity contribution in [3.63, 3.8) is 0 Å². The van der Waals surface area contributed by atoms with Crippen LogP contribution in [0.2, 0.25) is 0 Å². The molecule has 0 radical (unpaired) electrons. The molecule has 2 unspecified atom stereocenters. The number of nitrogens with one attached hydrogen (secondary N) is 1. The smallest absolute Gasteiger partial charge is 0.101 e. The topological polar surface area (TPSA) is 65.5 Å². The zero-order valence-corrected chi connectivity index (χ0v) is 13.8. The number of nitrogens with two attached hydrogens (primary N) is 1. The largest absolute Gasteiger partial charge is 0.396 e. The van der Waals surface area contributed by atoms with Crippen molar-refractivity contribution in [3.8, 4) is 0 Å². The molecule has 0 aliphatic carbocycles. The fourth-order valence-corrected chi connectivity index (χ4v) is 2.21. The first-order chi connectivity index (χ1) is 9.24. The highest BCUT2D eigenvalue weighted by atomic mass is 15.1. The summed E-state index contributed by atoms with van der Waals surface area (Å²) in [5.74, 6) is 2.22. The van der Waals surface area contributed by atoms with E-state index in [1.165, 1.54) is 6.21 Å². The average molecular weight is 278 g/mol. The second-order valence-corrected chi connectivity index (χ2v) is 5.84. The van der Waals surface area contributed by atoms with Crippen LogP contribution < -0.4 is 5.73 Å². The van der Waals surface area contributed by atoms with Gasteiger partial charge in [-0.05, 0) is 31.1 Å².